The minimum absolute atomic E-state index is 0.0571. The number of likely N-dealkylation sites (tertiary alicyclic amines) is 1. The van der Waals surface area contributed by atoms with Crippen molar-refractivity contribution in [2.75, 3.05) is 26.2 Å². The second kappa shape index (κ2) is 8.33. The fraction of sp³-hybridized carbons (Fsp3) is 0.667. The molecule has 2 aliphatic rings. The highest BCUT2D eigenvalue weighted by Gasteiger charge is 2.46. The third-order valence-corrected chi connectivity index (χ3v) is 6.85. The van der Waals surface area contributed by atoms with Gasteiger partial charge >= 0.3 is 0 Å². The number of aliphatic hydroxyl groups excluding tert-OH is 2. The Balaban J connectivity index is 1.70. The van der Waals surface area contributed by atoms with E-state index in [9.17, 15) is 18.6 Å². The van der Waals surface area contributed by atoms with Gasteiger partial charge in [0.15, 0.2) is 0 Å². The number of rotatable bonds is 6. The molecule has 0 amide bonds. The first-order chi connectivity index (χ1) is 12.4. The highest BCUT2D eigenvalue weighted by molar-refractivity contribution is 7.89. The summed E-state index contributed by atoms with van der Waals surface area (Å²) in [6, 6.07) is 7.85. The molecule has 2 aliphatic heterocycles. The Hall–Kier alpha value is -1.03. The topological polar surface area (TPSA) is 99.1 Å². The van der Waals surface area contributed by atoms with E-state index in [2.05, 4.69) is 16.5 Å². The molecule has 4 atom stereocenters. The lowest BCUT2D eigenvalue weighted by Gasteiger charge is -2.38. The number of piperidine rings is 1. The van der Waals surface area contributed by atoms with Crippen molar-refractivity contribution in [1.29, 1.82) is 0 Å². The number of ether oxygens (including phenoxy) is 1. The van der Waals surface area contributed by atoms with Gasteiger partial charge in [0.05, 0.1) is 23.6 Å². The van der Waals surface area contributed by atoms with Crippen LogP contribution in [0.5, 0.6) is 0 Å². The summed E-state index contributed by atoms with van der Waals surface area (Å²) in [5, 5.41) is 20.1. The van der Waals surface area contributed by atoms with Crippen LogP contribution < -0.4 is 4.72 Å². The van der Waals surface area contributed by atoms with E-state index in [1.165, 1.54) is 12.1 Å². The van der Waals surface area contributed by atoms with Gasteiger partial charge in [-0.05, 0) is 44.0 Å². The summed E-state index contributed by atoms with van der Waals surface area (Å²) >= 11 is 0. The molecular weight excluding hydrogens is 356 g/mol. The monoisotopic (exact) mass is 384 g/mol. The normalized spacial score (nSPS) is 31.3. The minimum Gasteiger partial charge on any atom is -0.394 e. The summed E-state index contributed by atoms with van der Waals surface area (Å²) in [6.45, 7) is 3.66. The number of nitrogens with zero attached hydrogens (tertiary/aromatic N) is 1. The molecule has 0 unspecified atom stereocenters. The molecule has 0 spiro atoms. The van der Waals surface area contributed by atoms with Crippen molar-refractivity contribution >= 4 is 10.0 Å². The maximum atomic E-state index is 12.5. The standard InChI is InChI=1S/C18H28N2O5S/c1-13-7-9-20(10-8-13)17-15(25-16(12-21)18(17)22)11-19-26(23,24)14-5-3-2-4-6-14/h2-6,13,15-19,21-22H,7-12H2,1H3/t15-,16+,17+,18-/m1/s1. The smallest absolute Gasteiger partial charge is 0.240 e. The Morgan fingerprint density at radius 3 is 2.46 bits per heavy atom. The second-order valence-electron chi connectivity index (χ2n) is 7.26. The van der Waals surface area contributed by atoms with Gasteiger partial charge in [0.25, 0.3) is 0 Å². The number of hydrogen-bond donors (Lipinski definition) is 3. The number of hydrogen-bond acceptors (Lipinski definition) is 6. The zero-order chi connectivity index (χ0) is 18.7. The number of nitrogens with one attached hydrogen (secondary N) is 1. The van der Waals surface area contributed by atoms with Crippen molar-refractivity contribution < 1.29 is 23.4 Å². The molecule has 1 aromatic carbocycles. The van der Waals surface area contributed by atoms with Crippen molar-refractivity contribution in [3.63, 3.8) is 0 Å². The first kappa shape index (κ1) is 19.7. The van der Waals surface area contributed by atoms with E-state index in [0.717, 1.165) is 25.9 Å². The summed E-state index contributed by atoms with van der Waals surface area (Å²) in [4.78, 5) is 2.36. The highest BCUT2D eigenvalue weighted by Crippen LogP contribution is 2.29. The molecule has 8 heteroatoms. The highest BCUT2D eigenvalue weighted by atomic mass is 32.2. The molecule has 7 nitrogen and oxygen atoms in total. The predicted molar refractivity (Wildman–Crippen MR) is 97.1 cm³/mol. The van der Waals surface area contributed by atoms with Gasteiger partial charge in [-0.15, -0.1) is 0 Å². The van der Waals surface area contributed by atoms with Crippen molar-refractivity contribution in [2.24, 2.45) is 5.92 Å². The van der Waals surface area contributed by atoms with Crippen LogP contribution in [-0.2, 0) is 14.8 Å². The van der Waals surface area contributed by atoms with Gasteiger partial charge in [-0.2, -0.15) is 0 Å². The van der Waals surface area contributed by atoms with Gasteiger partial charge in [0, 0.05) is 6.54 Å². The van der Waals surface area contributed by atoms with Gasteiger partial charge in [0.1, 0.15) is 12.2 Å². The van der Waals surface area contributed by atoms with Crippen LogP contribution in [0.15, 0.2) is 35.2 Å². The van der Waals surface area contributed by atoms with Crippen LogP contribution in [-0.4, -0.2) is 74.1 Å². The van der Waals surface area contributed by atoms with E-state index in [1.54, 1.807) is 18.2 Å². The number of aliphatic hydroxyl groups is 2. The molecule has 3 rings (SSSR count). The van der Waals surface area contributed by atoms with Gasteiger partial charge in [-0.1, -0.05) is 25.1 Å². The van der Waals surface area contributed by atoms with Crippen LogP contribution in [0.1, 0.15) is 19.8 Å². The van der Waals surface area contributed by atoms with Crippen LogP contribution in [0, 0.1) is 5.92 Å². The molecule has 2 fully saturated rings. The van der Waals surface area contributed by atoms with E-state index < -0.39 is 28.3 Å². The van der Waals surface area contributed by atoms with Crippen molar-refractivity contribution in [3.05, 3.63) is 30.3 Å². The molecule has 1 aromatic rings. The first-order valence-corrected chi connectivity index (χ1v) is 10.6. The van der Waals surface area contributed by atoms with Gasteiger partial charge in [0.2, 0.25) is 10.0 Å². The Labute approximate surface area is 155 Å². The number of benzene rings is 1. The average molecular weight is 384 g/mol. The maximum absolute atomic E-state index is 12.5. The van der Waals surface area contributed by atoms with Gasteiger partial charge in [-0.3, -0.25) is 4.90 Å². The summed E-state index contributed by atoms with van der Waals surface area (Å²) in [5.41, 5.74) is 0. The Bertz CT molecular complexity index is 676. The molecule has 26 heavy (non-hydrogen) atoms. The van der Waals surface area contributed by atoms with Crippen LogP contribution >= 0.6 is 0 Å². The molecular formula is C18H28N2O5S. The maximum Gasteiger partial charge on any atom is 0.240 e. The zero-order valence-electron chi connectivity index (χ0n) is 15.0. The molecule has 146 valence electrons. The van der Waals surface area contributed by atoms with Crippen molar-refractivity contribution in [2.45, 2.75) is 49.0 Å². The van der Waals surface area contributed by atoms with Crippen LogP contribution in [0.3, 0.4) is 0 Å². The zero-order valence-corrected chi connectivity index (χ0v) is 15.8. The fourth-order valence-corrected chi connectivity index (χ4v) is 4.86. The summed E-state index contributed by atoms with van der Waals surface area (Å²) in [5.74, 6) is 0.648. The molecule has 2 heterocycles. The lowest BCUT2D eigenvalue weighted by Crippen LogP contribution is -2.53. The third kappa shape index (κ3) is 4.27. The lowest BCUT2D eigenvalue weighted by molar-refractivity contribution is -0.0201. The fourth-order valence-electron chi connectivity index (χ4n) is 3.80. The van der Waals surface area contributed by atoms with E-state index in [-0.39, 0.29) is 24.1 Å². The second-order valence-corrected chi connectivity index (χ2v) is 9.03. The van der Waals surface area contributed by atoms with E-state index in [0.29, 0.717) is 5.92 Å². The van der Waals surface area contributed by atoms with E-state index in [1.807, 2.05) is 0 Å². The minimum atomic E-state index is -3.65. The largest absolute Gasteiger partial charge is 0.394 e. The molecule has 0 aliphatic carbocycles. The van der Waals surface area contributed by atoms with Crippen LogP contribution in [0.2, 0.25) is 0 Å². The predicted octanol–water partition coefficient (Wildman–Crippen LogP) is 0.186. The quantitative estimate of drug-likeness (QED) is 0.647. The molecule has 0 aromatic heterocycles. The van der Waals surface area contributed by atoms with Crippen LogP contribution in [0.4, 0.5) is 0 Å². The van der Waals surface area contributed by atoms with E-state index >= 15 is 0 Å². The lowest BCUT2D eigenvalue weighted by atomic mass is 9.94. The molecule has 0 radical (unpaired) electrons. The average Bonchev–Trinajstić information content (AvgIpc) is 2.97. The van der Waals surface area contributed by atoms with E-state index in [4.69, 9.17) is 4.74 Å². The molecule has 0 bridgehead atoms. The Morgan fingerprint density at radius 1 is 1.19 bits per heavy atom. The van der Waals surface area contributed by atoms with Crippen LogP contribution in [0.25, 0.3) is 0 Å². The summed E-state index contributed by atoms with van der Waals surface area (Å²) in [7, 11) is -3.65. The number of sulfonamides is 1. The Morgan fingerprint density at radius 2 is 1.85 bits per heavy atom. The van der Waals surface area contributed by atoms with Gasteiger partial charge in [-0.25, -0.2) is 13.1 Å². The molecule has 2 saturated heterocycles. The van der Waals surface area contributed by atoms with Crippen molar-refractivity contribution in [1.82, 2.24) is 9.62 Å². The first-order valence-electron chi connectivity index (χ1n) is 9.15. The third-order valence-electron chi connectivity index (χ3n) is 5.41. The molecule has 0 saturated carbocycles. The SMILES string of the molecule is CC1CCN([C@@H]2[C@H](O)[C@H](CO)O[C@@H]2CNS(=O)(=O)c2ccccc2)CC1. The van der Waals surface area contributed by atoms with Gasteiger partial charge < -0.3 is 14.9 Å². The summed E-state index contributed by atoms with van der Waals surface area (Å²) < 4.78 is 33.3. The Kier molecular flexibility index (Phi) is 6.32. The summed E-state index contributed by atoms with van der Waals surface area (Å²) in [6.07, 6.45) is 0.0459. The van der Waals surface area contributed by atoms with Crippen molar-refractivity contribution in [3.8, 4) is 0 Å². The molecule has 3 N–H and O–H groups in total.